The molecule has 1 fully saturated rings. The van der Waals surface area contributed by atoms with Crippen molar-refractivity contribution in [3.8, 4) is 17.2 Å². The number of fused-ring (bicyclic) bond motifs is 3. The lowest BCUT2D eigenvalue weighted by Crippen LogP contribution is -2.28. The van der Waals surface area contributed by atoms with Gasteiger partial charge in [-0.3, -0.25) is 0 Å². The number of unbranched alkanes of at least 4 members (excludes halogenated alkanes) is 1. The highest BCUT2D eigenvalue weighted by Crippen LogP contribution is 2.48. The van der Waals surface area contributed by atoms with Gasteiger partial charge in [0.1, 0.15) is 0 Å². The quantitative estimate of drug-likeness (QED) is 0.594. The van der Waals surface area contributed by atoms with Crippen LogP contribution in [0.2, 0.25) is 0 Å². The van der Waals surface area contributed by atoms with Crippen molar-refractivity contribution in [2.45, 2.75) is 64.2 Å². The molecule has 1 saturated carbocycles. The Morgan fingerprint density at radius 2 is 1.81 bits per heavy atom. The summed E-state index contributed by atoms with van der Waals surface area (Å²) in [7, 11) is 0. The number of benzene rings is 2. The van der Waals surface area contributed by atoms with Crippen LogP contribution in [0.3, 0.4) is 0 Å². The van der Waals surface area contributed by atoms with E-state index in [9.17, 15) is 0 Å². The fraction of sp³-hybridized carbons (Fsp3) is 0.480. The van der Waals surface area contributed by atoms with Gasteiger partial charge in [0.15, 0.2) is 0 Å². The van der Waals surface area contributed by atoms with Crippen molar-refractivity contribution >= 4 is 0 Å². The summed E-state index contributed by atoms with van der Waals surface area (Å²) in [6.07, 6.45) is 11.1. The number of nitriles is 1. The molecule has 3 atom stereocenters. The Labute approximate surface area is 158 Å². The van der Waals surface area contributed by atoms with Gasteiger partial charge in [-0.2, -0.15) is 5.26 Å². The predicted molar refractivity (Wildman–Crippen MR) is 108 cm³/mol. The normalized spacial score (nSPS) is 24.4. The molecule has 134 valence electrons. The van der Waals surface area contributed by atoms with E-state index in [-0.39, 0.29) is 0 Å². The fourth-order valence-corrected chi connectivity index (χ4v) is 5.29. The minimum Gasteiger partial charge on any atom is -0.192 e. The largest absolute Gasteiger partial charge is 0.192 e. The van der Waals surface area contributed by atoms with Crippen molar-refractivity contribution in [3.63, 3.8) is 0 Å². The summed E-state index contributed by atoms with van der Waals surface area (Å²) in [4.78, 5) is 0. The predicted octanol–water partition coefficient (Wildman–Crippen LogP) is 6.86. The molecule has 2 aromatic rings. The topological polar surface area (TPSA) is 23.8 Å². The first kappa shape index (κ1) is 17.3. The van der Waals surface area contributed by atoms with E-state index in [1.54, 1.807) is 11.1 Å². The first-order chi connectivity index (χ1) is 12.8. The van der Waals surface area contributed by atoms with E-state index in [2.05, 4.69) is 43.3 Å². The second-order valence-corrected chi connectivity index (χ2v) is 8.33. The summed E-state index contributed by atoms with van der Waals surface area (Å²) in [5, 5.41) is 8.98. The molecule has 1 nitrogen and oxygen atoms in total. The van der Waals surface area contributed by atoms with E-state index >= 15 is 0 Å². The molecule has 0 heterocycles. The van der Waals surface area contributed by atoms with Crippen molar-refractivity contribution < 1.29 is 0 Å². The second kappa shape index (κ2) is 7.67. The van der Waals surface area contributed by atoms with E-state index in [1.807, 2.05) is 12.1 Å². The molecule has 2 aliphatic carbocycles. The standard InChI is InChI=1S/C25H29N/c1-2-3-4-18-7-13-24-22(15-18)10-11-23-16-21(12-14-25(23)24)20-8-5-19(17-26)6-9-20/h5-6,8-9,12,14,16,18,22,24H,2-4,7,10-11,13,15H2,1H3. The molecule has 0 radical (unpaired) electrons. The third-order valence-electron chi connectivity index (χ3n) is 6.73. The molecular formula is C25H29N. The van der Waals surface area contributed by atoms with Gasteiger partial charge in [0.25, 0.3) is 0 Å². The summed E-state index contributed by atoms with van der Waals surface area (Å²) >= 11 is 0. The Hall–Kier alpha value is -2.07. The molecular weight excluding hydrogens is 314 g/mol. The van der Waals surface area contributed by atoms with Crippen LogP contribution in [0.25, 0.3) is 11.1 Å². The minimum absolute atomic E-state index is 0.731. The zero-order valence-corrected chi connectivity index (χ0v) is 15.9. The molecule has 0 amide bonds. The molecule has 0 N–H and O–H groups in total. The molecule has 26 heavy (non-hydrogen) atoms. The van der Waals surface area contributed by atoms with E-state index in [0.717, 1.165) is 23.3 Å². The third-order valence-corrected chi connectivity index (χ3v) is 6.73. The van der Waals surface area contributed by atoms with Gasteiger partial charge in [0, 0.05) is 0 Å². The van der Waals surface area contributed by atoms with Crippen molar-refractivity contribution in [1.82, 2.24) is 0 Å². The van der Waals surface area contributed by atoms with Crippen molar-refractivity contribution in [2.75, 3.05) is 0 Å². The SMILES string of the molecule is CCCCC1CCC2c3ccc(-c4ccc(C#N)cc4)cc3CCC2C1. The average Bonchev–Trinajstić information content (AvgIpc) is 2.71. The number of hydrogen-bond acceptors (Lipinski definition) is 1. The zero-order valence-electron chi connectivity index (χ0n) is 15.9. The second-order valence-electron chi connectivity index (χ2n) is 8.33. The number of hydrogen-bond donors (Lipinski definition) is 0. The van der Waals surface area contributed by atoms with Crippen LogP contribution in [0, 0.1) is 23.2 Å². The van der Waals surface area contributed by atoms with Gasteiger partial charge in [0.2, 0.25) is 0 Å². The van der Waals surface area contributed by atoms with Gasteiger partial charge < -0.3 is 0 Å². The Bertz CT molecular complexity index is 796. The van der Waals surface area contributed by atoms with E-state index < -0.39 is 0 Å². The lowest BCUT2D eigenvalue weighted by atomic mass is 9.64. The first-order valence-electron chi connectivity index (χ1n) is 10.4. The van der Waals surface area contributed by atoms with E-state index in [1.165, 1.54) is 62.5 Å². The maximum atomic E-state index is 8.98. The zero-order chi connectivity index (χ0) is 17.9. The molecule has 0 aliphatic heterocycles. The molecule has 3 unspecified atom stereocenters. The lowest BCUT2D eigenvalue weighted by Gasteiger charge is -2.41. The maximum absolute atomic E-state index is 8.98. The van der Waals surface area contributed by atoms with Gasteiger partial charge in [-0.25, -0.2) is 0 Å². The summed E-state index contributed by atoms with van der Waals surface area (Å²) in [6.45, 7) is 2.31. The van der Waals surface area contributed by atoms with Crippen LogP contribution < -0.4 is 0 Å². The molecule has 0 bridgehead atoms. The van der Waals surface area contributed by atoms with Crippen LogP contribution in [0.15, 0.2) is 42.5 Å². The van der Waals surface area contributed by atoms with E-state index in [0.29, 0.717) is 0 Å². The molecule has 4 rings (SSSR count). The molecule has 0 saturated heterocycles. The van der Waals surface area contributed by atoms with Gasteiger partial charge in [-0.05, 0) is 84.2 Å². The van der Waals surface area contributed by atoms with Crippen LogP contribution in [0.5, 0.6) is 0 Å². The molecule has 1 heteroatoms. The molecule has 2 aliphatic rings. The van der Waals surface area contributed by atoms with Gasteiger partial charge in [-0.1, -0.05) is 56.5 Å². The number of nitrogens with zero attached hydrogens (tertiary/aromatic N) is 1. The fourth-order valence-electron chi connectivity index (χ4n) is 5.29. The Morgan fingerprint density at radius 1 is 1.00 bits per heavy atom. The summed E-state index contributed by atoms with van der Waals surface area (Å²) in [5.74, 6) is 2.70. The van der Waals surface area contributed by atoms with Gasteiger partial charge >= 0.3 is 0 Å². The summed E-state index contributed by atoms with van der Waals surface area (Å²) in [6, 6.07) is 17.3. The summed E-state index contributed by atoms with van der Waals surface area (Å²) < 4.78 is 0. The Balaban J connectivity index is 1.53. The van der Waals surface area contributed by atoms with Crippen LogP contribution in [-0.4, -0.2) is 0 Å². The highest BCUT2D eigenvalue weighted by molar-refractivity contribution is 5.66. The van der Waals surface area contributed by atoms with Crippen LogP contribution in [0.4, 0.5) is 0 Å². The number of rotatable bonds is 4. The lowest BCUT2D eigenvalue weighted by molar-refractivity contribution is 0.200. The molecule has 2 aromatic carbocycles. The van der Waals surface area contributed by atoms with Crippen LogP contribution in [-0.2, 0) is 6.42 Å². The summed E-state index contributed by atoms with van der Waals surface area (Å²) in [5.41, 5.74) is 6.45. The number of aryl methyl sites for hydroxylation is 1. The van der Waals surface area contributed by atoms with Gasteiger partial charge in [-0.15, -0.1) is 0 Å². The highest BCUT2D eigenvalue weighted by Gasteiger charge is 2.34. The third kappa shape index (κ3) is 3.43. The van der Waals surface area contributed by atoms with Crippen molar-refractivity contribution in [2.24, 2.45) is 11.8 Å². The van der Waals surface area contributed by atoms with E-state index in [4.69, 9.17) is 5.26 Å². The monoisotopic (exact) mass is 343 g/mol. The minimum atomic E-state index is 0.731. The molecule has 0 aromatic heterocycles. The first-order valence-corrected chi connectivity index (χ1v) is 10.4. The van der Waals surface area contributed by atoms with Crippen LogP contribution in [0.1, 0.15) is 74.5 Å². The average molecular weight is 344 g/mol. The Kier molecular flexibility index (Phi) is 5.11. The maximum Gasteiger partial charge on any atom is 0.0991 e. The highest BCUT2D eigenvalue weighted by atomic mass is 14.4. The van der Waals surface area contributed by atoms with Crippen molar-refractivity contribution in [1.29, 1.82) is 5.26 Å². The van der Waals surface area contributed by atoms with Crippen molar-refractivity contribution in [3.05, 3.63) is 59.2 Å². The Morgan fingerprint density at radius 3 is 2.58 bits per heavy atom. The molecule has 0 spiro atoms. The van der Waals surface area contributed by atoms with Crippen LogP contribution >= 0.6 is 0 Å². The smallest absolute Gasteiger partial charge is 0.0991 e. The van der Waals surface area contributed by atoms with Gasteiger partial charge in [0.05, 0.1) is 11.6 Å².